The highest BCUT2D eigenvalue weighted by atomic mass is 14.0. The van der Waals surface area contributed by atoms with Gasteiger partial charge in [-0.1, -0.05) is 36.0 Å². The predicted octanol–water partition coefficient (Wildman–Crippen LogP) is 3.08. The topological polar surface area (TPSA) is 0 Å². The minimum atomic E-state index is 0.648. The molecule has 0 fully saturated rings. The van der Waals surface area contributed by atoms with E-state index in [9.17, 15) is 0 Å². The molecule has 0 N–H and O–H groups in total. The van der Waals surface area contributed by atoms with Crippen LogP contribution in [0, 0.1) is 5.92 Å². The zero-order valence-electron chi connectivity index (χ0n) is 6.67. The van der Waals surface area contributed by atoms with E-state index < -0.39 is 0 Å². The molecule has 1 aliphatic rings. The molecule has 0 aromatic carbocycles. The maximum atomic E-state index is 2.31. The Hall–Kier alpha value is -0.780. The van der Waals surface area contributed by atoms with Crippen molar-refractivity contribution >= 4 is 0 Å². The van der Waals surface area contributed by atoms with Gasteiger partial charge in [0.05, 0.1) is 0 Å². The van der Waals surface area contributed by atoms with E-state index in [1.807, 2.05) is 0 Å². The Morgan fingerprint density at radius 3 is 2.70 bits per heavy atom. The molecule has 0 nitrogen and oxygen atoms in total. The van der Waals surface area contributed by atoms with Crippen LogP contribution in [0.1, 0.15) is 20.3 Å². The molecule has 10 heavy (non-hydrogen) atoms. The number of hydrogen-bond donors (Lipinski definition) is 0. The molecular weight excluding hydrogens is 120 g/mol. The SMILES string of the molecule is CC(C)=CC1C=CC=CC1. The zero-order valence-corrected chi connectivity index (χ0v) is 6.67. The van der Waals surface area contributed by atoms with Crippen LogP contribution in [-0.2, 0) is 0 Å². The summed E-state index contributed by atoms with van der Waals surface area (Å²) in [5, 5.41) is 0. The maximum absolute atomic E-state index is 2.31. The molecular formula is C10H14. The highest BCUT2D eigenvalue weighted by Gasteiger charge is 1.99. The Labute approximate surface area is 62.9 Å². The monoisotopic (exact) mass is 134 g/mol. The van der Waals surface area contributed by atoms with Crippen LogP contribution in [0.25, 0.3) is 0 Å². The van der Waals surface area contributed by atoms with Crippen molar-refractivity contribution in [2.24, 2.45) is 5.92 Å². The third kappa shape index (κ3) is 2.22. The lowest BCUT2D eigenvalue weighted by atomic mass is 9.99. The Bertz CT molecular complexity index is 178. The standard InChI is InChI=1S/C10H14/c1-9(2)8-10-6-4-3-5-7-10/h3-6,8,10H,7H2,1-2H3. The summed E-state index contributed by atoms with van der Waals surface area (Å²) in [7, 11) is 0. The fourth-order valence-electron chi connectivity index (χ4n) is 1.15. The quantitative estimate of drug-likeness (QED) is 0.483. The molecule has 0 aromatic heterocycles. The zero-order chi connectivity index (χ0) is 7.40. The van der Waals surface area contributed by atoms with Gasteiger partial charge in [-0.05, 0) is 26.2 Å². The molecule has 0 heteroatoms. The summed E-state index contributed by atoms with van der Waals surface area (Å²) in [6.45, 7) is 4.29. The lowest BCUT2D eigenvalue weighted by Gasteiger charge is -2.07. The van der Waals surface area contributed by atoms with Gasteiger partial charge in [0.15, 0.2) is 0 Å². The van der Waals surface area contributed by atoms with Gasteiger partial charge in [0.25, 0.3) is 0 Å². The van der Waals surface area contributed by atoms with Crippen LogP contribution >= 0.6 is 0 Å². The van der Waals surface area contributed by atoms with Gasteiger partial charge in [-0.25, -0.2) is 0 Å². The molecule has 1 atom stereocenters. The van der Waals surface area contributed by atoms with Crippen molar-refractivity contribution < 1.29 is 0 Å². The molecule has 54 valence electrons. The molecule has 0 saturated heterocycles. The van der Waals surface area contributed by atoms with Gasteiger partial charge in [-0.3, -0.25) is 0 Å². The van der Waals surface area contributed by atoms with E-state index in [0.29, 0.717) is 5.92 Å². The first-order valence-corrected chi connectivity index (χ1v) is 3.77. The van der Waals surface area contributed by atoms with Gasteiger partial charge in [0, 0.05) is 0 Å². The highest BCUT2D eigenvalue weighted by Crippen LogP contribution is 2.14. The van der Waals surface area contributed by atoms with Gasteiger partial charge in [0.1, 0.15) is 0 Å². The number of rotatable bonds is 1. The number of allylic oxidation sites excluding steroid dienone is 6. The first kappa shape index (κ1) is 7.33. The second-order valence-corrected chi connectivity index (χ2v) is 2.96. The third-order valence-corrected chi connectivity index (χ3v) is 1.56. The van der Waals surface area contributed by atoms with Crippen LogP contribution in [0.3, 0.4) is 0 Å². The molecule has 0 bridgehead atoms. The summed E-state index contributed by atoms with van der Waals surface area (Å²) < 4.78 is 0. The third-order valence-electron chi connectivity index (χ3n) is 1.56. The molecule has 1 rings (SSSR count). The lowest BCUT2D eigenvalue weighted by Crippen LogP contribution is -1.92. The van der Waals surface area contributed by atoms with Crippen LogP contribution in [0.2, 0.25) is 0 Å². The Balaban J connectivity index is 2.52. The Kier molecular flexibility index (Phi) is 2.49. The molecule has 0 amide bonds. The van der Waals surface area contributed by atoms with Crippen molar-refractivity contribution in [3.05, 3.63) is 36.0 Å². The van der Waals surface area contributed by atoms with Crippen molar-refractivity contribution in [1.29, 1.82) is 0 Å². The van der Waals surface area contributed by atoms with E-state index in [1.165, 1.54) is 12.0 Å². The normalized spacial score (nSPS) is 22.8. The van der Waals surface area contributed by atoms with E-state index in [1.54, 1.807) is 0 Å². The molecule has 0 heterocycles. The van der Waals surface area contributed by atoms with E-state index in [4.69, 9.17) is 0 Å². The average molecular weight is 134 g/mol. The maximum Gasteiger partial charge on any atom is -0.00133 e. The summed E-state index contributed by atoms with van der Waals surface area (Å²) in [4.78, 5) is 0. The first-order chi connectivity index (χ1) is 4.79. The van der Waals surface area contributed by atoms with Crippen LogP contribution < -0.4 is 0 Å². The van der Waals surface area contributed by atoms with Crippen LogP contribution in [0.4, 0.5) is 0 Å². The fourth-order valence-corrected chi connectivity index (χ4v) is 1.15. The second kappa shape index (κ2) is 3.40. The van der Waals surface area contributed by atoms with Crippen molar-refractivity contribution in [2.75, 3.05) is 0 Å². The van der Waals surface area contributed by atoms with Crippen molar-refractivity contribution in [1.82, 2.24) is 0 Å². The van der Waals surface area contributed by atoms with Gasteiger partial charge < -0.3 is 0 Å². The van der Waals surface area contributed by atoms with Gasteiger partial charge in [-0.15, -0.1) is 0 Å². The van der Waals surface area contributed by atoms with Crippen LogP contribution in [0.15, 0.2) is 36.0 Å². The van der Waals surface area contributed by atoms with Crippen molar-refractivity contribution in [3.63, 3.8) is 0 Å². The van der Waals surface area contributed by atoms with Gasteiger partial charge >= 0.3 is 0 Å². The smallest absolute Gasteiger partial charge is 0.00133 e. The molecule has 0 saturated carbocycles. The summed E-state index contributed by atoms with van der Waals surface area (Å²) in [5.74, 6) is 0.648. The Morgan fingerprint density at radius 1 is 1.40 bits per heavy atom. The number of hydrogen-bond acceptors (Lipinski definition) is 0. The lowest BCUT2D eigenvalue weighted by molar-refractivity contribution is 0.813. The molecule has 1 unspecified atom stereocenters. The molecule has 0 radical (unpaired) electrons. The van der Waals surface area contributed by atoms with E-state index in [-0.39, 0.29) is 0 Å². The second-order valence-electron chi connectivity index (χ2n) is 2.96. The molecule has 0 aromatic rings. The summed E-state index contributed by atoms with van der Waals surface area (Å²) >= 11 is 0. The van der Waals surface area contributed by atoms with Gasteiger partial charge in [-0.2, -0.15) is 0 Å². The largest absolute Gasteiger partial charge is 0.0837 e. The summed E-state index contributed by atoms with van der Waals surface area (Å²) in [6.07, 6.45) is 12.2. The van der Waals surface area contributed by atoms with E-state index in [0.717, 1.165) is 0 Å². The molecule has 1 aliphatic carbocycles. The summed E-state index contributed by atoms with van der Waals surface area (Å²) in [6, 6.07) is 0. The highest BCUT2D eigenvalue weighted by molar-refractivity contribution is 5.16. The van der Waals surface area contributed by atoms with Crippen molar-refractivity contribution in [2.45, 2.75) is 20.3 Å². The fraction of sp³-hybridized carbons (Fsp3) is 0.400. The van der Waals surface area contributed by atoms with E-state index >= 15 is 0 Å². The average Bonchev–Trinajstić information content (AvgIpc) is 1.88. The molecule has 0 spiro atoms. The minimum Gasteiger partial charge on any atom is -0.0837 e. The van der Waals surface area contributed by atoms with Gasteiger partial charge in [0.2, 0.25) is 0 Å². The predicted molar refractivity (Wildman–Crippen MR) is 45.8 cm³/mol. The van der Waals surface area contributed by atoms with E-state index in [2.05, 4.69) is 44.2 Å². The van der Waals surface area contributed by atoms with Crippen molar-refractivity contribution in [3.8, 4) is 0 Å². The molecule has 0 aliphatic heterocycles. The summed E-state index contributed by atoms with van der Waals surface area (Å²) in [5.41, 5.74) is 1.41. The first-order valence-electron chi connectivity index (χ1n) is 3.77. The Morgan fingerprint density at radius 2 is 2.20 bits per heavy atom. The van der Waals surface area contributed by atoms with Crippen LogP contribution in [-0.4, -0.2) is 0 Å². The van der Waals surface area contributed by atoms with Crippen LogP contribution in [0.5, 0.6) is 0 Å². The minimum absolute atomic E-state index is 0.648.